The largest absolute Gasteiger partial charge is 0.497 e. The fraction of sp³-hybridized carbons (Fsp3) is 0.250. The topological polar surface area (TPSA) is 81.4 Å². The van der Waals surface area contributed by atoms with Gasteiger partial charge >= 0.3 is 0 Å². The monoisotopic (exact) mass is 516 g/mol. The highest BCUT2D eigenvalue weighted by atomic mass is 79.9. The Kier molecular flexibility index (Phi) is 11.8. The smallest absolute Gasteiger partial charge is 0.209 e. The Labute approximate surface area is 169 Å². The lowest BCUT2D eigenvalue weighted by Gasteiger charge is -2.03. The molecule has 0 saturated heterocycles. The standard InChI is InChI=1S/C8H9BrFNO2S.C7H6BrFO.CH5N/c1-14(12,13)11-5-6-2-7(9)4-8(10)3-6;1-10-7-3-5(8)2-6(9)4-7;1-2/h2-4,11H,5H2,1H3;2-4H,1H3;2H2,1H3. The number of ether oxygens (including phenoxy) is 1. The van der Waals surface area contributed by atoms with Gasteiger partial charge in [0.25, 0.3) is 0 Å². The molecule has 0 aliphatic rings. The second-order valence-corrected chi connectivity index (χ2v) is 8.34. The summed E-state index contributed by atoms with van der Waals surface area (Å²) in [5.41, 5.74) is 5.07. The molecule has 3 N–H and O–H groups in total. The van der Waals surface area contributed by atoms with E-state index in [1.165, 1.54) is 38.4 Å². The van der Waals surface area contributed by atoms with Crippen LogP contribution in [0.15, 0.2) is 45.3 Å². The minimum Gasteiger partial charge on any atom is -0.497 e. The molecule has 2 aromatic rings. The summed E-state index contributed by atoms with van der Waals surface area (Å²) in [6.45, 7) is 0.0925. The summed E-state index contributed by atoms with van der Waals surface area (Å²) in [5, 5.41) is 0. The first kappa shape index (κ1) is 24.9. The van der Waals surface area contributed by atoms with Crippen LogP contribution in [0.4, 0.5) is 8.78 Å². The molecule has 0 heterocycles. The van der Waals surface area contributed by atoms with Gasteiger partial charge in [-0.2, -0.15) is 0 Å². The summed E-state index contributed by atoms with van der Waals surface area (Å²) in [6.07, 6.45) is 1.06. The van der Waals surface area contributed by atoms with Crippen LogP contribution in [0.2, 0.25) is 0 Å². The van der Waals surface area contributed by atoms with Gasteiger partial charge in [-0.25, -0.2) is 21.9 Å². The molecule has 2 rings (SSSR count). The van der Waals surface area contributed by atoms with Crippen molar-refractivity contribution in [1.29, 1.82) is 0 Å². The molecule has 0 aromatic heterocycles. The minimum atomic E-state index is -3.24. The van der Waals surface area contributed by atoms with E-state index in [0.29, 0.717) is 20.3 Å². The maximum Gasteiger partial charge on any atom is 0.209 e. The Balaban J connectivity index is 0.000000458. The van der Waals surface area contributed by atoms with Crippen LogP contribution in [0.3, 0.4) is 0 Å². The Bertz CT molecular complexity index is 766. The van der Waals surface area contributed by atoms with E-state index < -0.39 is 15.8 Å². The Morgan fingerprint density at radius 1 is 1.00 bits per heavy atom. The van der Waals surface area contributed by atoms with E-state index in [0.717, 1.165) is 6.26 Å². The molecule has 0 atom stereocenters. The highest BCUT2D eigenvalue weighted by Gasteiger charge is 2.03. The fourth-order valence-electron chi connectivity index (χ4n) is 1.57. The lowest BCUT2D eigenvalue weighted by atomic mass is 10.2. The molecule has 0 aliphatic heterocycles. The lowest BCUT2D eigenvalue weighted by molar-refractivity contribution is 0.411. The van der Waals surface area contributed by atoms with Gasteiger partial charge in [0, 0.05) is 21.6 Å². The third kappa shape index (κ3) is 11.5. The maximum absolute atomic E-state index is 12.8. The summed E-state index contributed by atoms with van der Waals surface area (Å²) in [7, 11) is -0.235. The quantitative estimate of drug-likeness (QED) is 0.646. The summed E-state index contributed by atoms with van der Waals surface area (Å²) in [5.74, 6) is -0.178. The van der Waals surface area contributed by atoms with Gasteiger partial charge < -0.3 is 10.5 Å². The van der Waals surface area contributed by atoms with Gasteiger partial charge in [0.15, 0.2) is 0 Å². The second kappa shape index (κ2) is 12.3. The van der Waals surface area contributed by atoms with Crippen LogP contribution in [0.5, 0.6) is 5.75 Å². The highest BCUT2D eigenvalue weighted by Crippen LogP contribution is 2.19. The number of nitrogens with one attached hydrogen (secondary N) is 1. The number of methoxy groups -OCH3 is 1. The Hall–Kier alpha value is -1.07. The Morgan fingerprint density at radius 3 is 1.92 bits per heavy atom. The number of halogens is 4. The zero-order chi connectivity index (χ0) is 20.3. The predicted molar refractivity (Wildman–Crippen MR) is 107 cm³/mol. The van der Waals surface area contributed by atoms with Crippen LogP contribution in [0.1, 0.15) is 5.56 Å². The van der Waals surface area contributed by atoms with E-state index in [2.05, 4.69) is 42.3 Å². The summed E-state index contributed by atoms with van der Waals surface area (Å²) in [4.78, 5) is 0. The molecule has 0 radical (unpaired) electrons. The van der Waals surface area contributed by atoms with Crippen molar-refractivity contribution in [1.82, 2.24) is 4.72 Å². The van der Waals surface area contributed by atoms with Crippen molar-refractivity contribution in [3.63, 3.8) is 0 Å². The van der Waals surface area contributed by atoms with Gasteiger partial charge in [0.2, 0.25) is 10.0 Å². The summed E-state index contributed by atoms with van der Waals surface area (Å²) in [6, 6.07) is 8.64. The second-order valence-electron chi connectivity index (χ2n) is 4.68. The fourth-order valence-corrected chi connectivity index (χ4v) is 2.96. The zero-order valence-electron chi connectivity index (χ0n) is 14.4. The van der Waals surface area contributed by atoms with Gasteiger partial charge in [-0.1, -0.05) is 31.9 Å². The van der Waals surface area contributed by atoms with E-state index in [-0.39, 0.29) is 12.4 Å². The van der Waals surface area contributed by atoms with E-state index in [1.807, 2.05) is 0 Å². The van der Waals surface area contributed by atoms with Crippen molar-refractivity contribution in [2.24, 2.45) is 5.73 Å². The van der Waals surface area contributed by atoms with Crippen LogP contribution in [-0.2, 0) is 16.6 Å². The van der Waals surface area contributed by atoms with E-state index in [1.54, 1.807) is 12.1 Å². The zero-order valence-corrected chi connectivity index (χ0v) is 18.4. The molecule has 0 spiro atoms. The molecule has 5 nitrogen and oxygen atoms in total. The summed E-state index contributed by atoms with van der Waals surface area (Å²) >= 11 is 6.25. The van der Waals surface area contributed by atoms with E-state index >= 15 is 0 Å². The molecule has 0 fully saturated rings. The van der Waals surface area contributed by atoms with Gasteiger partial charge in [0.1, 0.15) is 17.4 Å². The van der Waals surface area contributed by atoms with E-state index in [4.69, 9.17) is 4.74 Å². The molecular formula is C16H20Br2F2N2O3S. The number of rotatable bonds is 4. The Morgan fingerprint density at radius 2 is 1.50 bits per heavy atom. The number of benzene rings is 2. The third-order valence-electron chi connectivity index (χ3n) is 2.53. The van der Waals surface area contributed by atoms with Crippen molar-refractivity contribution in [2.45, 2.75) is 6.54 Å². The number of nitrogens with two attached hydrogens (primary N) is 1. The molecule has 0 unspecified atom stereocenters. The molecule has 0 saturated carbocycles. The van der Waals surface area contributed by atoms with Crippen molar-refractivity contribution >= 4 is 41.9 Å². The van der Waals surface area contributed by atoms with Crippen molar-refractivity contribution < 1.29 is 21.9 Å². The molecule has 10 heteroatoms. The SMILES string of the molecule is CN.COc1cc(F)cc(Br)c1.CS(=O)(=O)NCc1cc(F)cc(Br)c1. The van der Waals surface area contributed by atoms with Crippen LogP contribution >= 0.6 is 31.9 Å². The number of hydrogen-bond donors (Lipinski definition) is 2. The number of hydrogen-bond acceptors (Lipinski definition) is 4. The summed E-state index contributed by atoms with van der Waals surface area (Å²) < 4.78 is 55.2. The first-order valence-electron chi connectivity index (χ1n) is 7.06. The van der Waals surface area contributed by atoms with Gasteiger partial charge in [0.05, 0.1) is 13.4 Å². The van der Waals surface area contributed by atoms with Crippen molar-refractivity contribution in [3.05, 3.63) is 62.5 Å². The van der Waals surface area contributed by atoms with Crippen LogP contribution < -0.4 is 15.2 Å². The maximum atomic E-state index is 12.8. The predicted octanol–water partition coefficient (Wildman–Crippen LogP) is 3.81. The van der Waals surface area contributed by atoms with Crippen molar-refractivity contribution in [3.8, 4) is 5.75 Å². The minimum absolute atomic E-state index is 0.0925. The average molecular weight is 518 g/mol. The molecule has 26 heavy (non-hydrogen) atoms. The normalized spacial score (nSPS) is 10.2. The van der Waals surface area contributed by atoms with Gasteiger partial charge in [-0.15, -0.1) is 0 Å². The van der Waals surface area contributed by atoms with Crippen LogP contribution in [0, 0.1) is 11.6 Å². The van der Waals surface area contributed by atoms with E-state index in [9.17, 15) is 17.2 Å². The molecule has 0 bridgehead atoms. The van der Waals surface area contributed by atoms with Gasteiger partial charge in [-0.3, -0.25) is 0 Å². The van der Waals surface area contributed by atoms with Crippen molar-refractivity contribution in [2.75, 3.05) is 20.4 Å². The van der Waals surface area contributed by atoms with Gasteiger partial charge in [-0.05, 0) is 42.9 Å². The molecule has 0 amide bonds. The van der Waals surface area contributed by atoms with Crippen LogP contribution in [-0.4, -0.2) is 28.8 Å². The highest BCUT2D eigenvalue weighted by molar-refractivity contribution is 9.10. The average Bonchev–Trinajstić information content (AvgIpc) is 2.53. The molecule has 2 aromatic carbocycles. The molecule has 0 aliphatic carbocycles. The number of sulfonamides is 1. The molecular weight excluding hydrogens is 498 g/mol. The lowest BCUT2D eigenvalue weighted by Crippen LogP contribution is -2.21. The third-order valence-corrected chi connectivity index (χ3v) is 4.12. The molecule has 146 valence electrons. The first-order valence-corrected chi connectivity index (χ1v) is 10.5. The van der Waals surface area contributed by atoms with Crippen LogP contribution in [0.25, 0.3) is 0 Å². The first-order chi connectivity index (χ1) is 12.1.